The van der Waals surface area contributed by atoms with E-state index in [1.165, 1.54) is 79.8 Å². The topological polar surface area (TPSA) is 195 Å². The monoisotopic (exact) mass is 915 g/mol. The van der Waals surface area contributed by atoms with Crippen LogP contribution in [0.4, 0.5) is 21.9 Å². The number of nitrogens with one attached hydrogen (secondary N) is 1. The predicted molar refractivity (Wildman–Crippen MR) is 253 cm³/mol. The lowest BCUT2D eigenvalue weighted by molar-refractivity contribution is -0.384. The lowest BCUT2D eigenvalue weighted by atomic mass is 10.0. The summed E-state index contributed by atoms with van der Waals surface area (Å²) in [6.45, 7) is 4.23. The Morgan fingerprint density at radius 1 is 0.924 bits per heavy atom. The number of unbranched alkanes of at least 4 members (excludes halogenated alkanes) is 9. The number of nitro benzene ring substituents is 1. The van der Waals surface area contributed by atoms with Crippen LogP contribution in [0.2, 0.25) is 5.02 Å². The van der Waals surface area contributed by atoms with Gasteiger partial charge >= 0.3 is 12.1 Å². The number of fused-ring (bicyclic) bond motifs is 1. The van der Waals surface area contributed by atoms with Crippen molar-refractivity contribution in [1.29, 1.82) is 5.26 Å². The number of ether oxygens (including phenoxy) is 2. The molecule has 0 aliphatic heterocycles. The zero-order valence-corrected chi connectivity index (χ0v) is 38.0. The van der Waals surface area contributed by atoms with Gasteiger partial charge in [0, 0.05) is 29.4 Å². The summed E-state index contributed by atoms with van der Waals surface area (Å²) in [6, 6.07) is 23.0. The number of allylic oxidation sites excluding steroid dienone is 1. The van der Waals surface area contributed by atoms with Gasteiger partial charge in [-0.15, -0.1) is 0 Å². The first-order valence-electron chi connectivity index (χ1n) is 22.6. The maximum atomic E-state index is 14.5. The van der Waals surface area contributed by atoms with E-state index in [1.54, 1.807) is 36.4 Å². The summed E-state index contributed by atoms with van der Waals surface area (Å²) in [4.78, 5) is 72.7. The number of nitro groups is 1. The number of aryl methyl sites for hydroxylation is 1. The van der Waals surface area contributed by atoms with Crippen LogP contribution >= 0.6 is 11.6 Å². The van der Waals surface area contributed by atoms with Crippen LogP contribution in [0.1, 0.15) is 135 Å². The van der Waals surface area contributed by atoms with Crippen LogP contribution in [0.5, 0.6) is 0 Å². The van der Waals surface area contributed by atoms with Crippen LogP contribution in [0.25, 0.3) is 22.7 Å². The predicted octanol–water partition coefficient (Wildman–Crippen LogP) is 12.6. The van der Waals surface area contributed by atoms with Gasteiger partial charge in [-0.3, -0.25) is 24.6 Å². The SMILES string of the molecule is CCCCCCCCCCCCOC(=O)c1ccc(Cl)c(NC(=O)C(OC(=O)N(c2ccc(C=C(C#N)c3nc4ccccc4o3)c(C)c2)C2CCCC2)C(=O)c2cccc([N+](=O)[O-])c2)c1. The number of nitriles is 1. The number of Topliss-reactive ketones (excluding diaryl/α,β-unsaturated/α-hetero) is 1. The van der Waals surface area contributed by atoms with Crippen molar-refractivity contribution in [2.24, 2.45) is 0 Å². The van der Waals surface area contributed by atoms with Gasteiger partial charge in [0.1, 0.15) is 17.2 Å². The van der Waals surface area contributed by atoms with Gasteiger partial charge in [0.2, 0.25) is 17.8 Å². The van der Waals surface area contributed by atoms with Crippen LogP contribution < -0.4 is 10.2 Å². The van der Waals surface area contributed by atoms with Gasteiger partial charge in [0.15, 0.2) is 5.58 Å². The van der Waals surface area contributed by atoms with Crippen molar-refractivity contribution >= 4 is 75.2 Å². The summed E-state index contributed by atoms with van der Waals surface area (Å²) in [6.07, 6.45) is 12.6. The average Bonchev–Trinajstić information content (AvgIpc) is 4.01. The number of anilines is 2. The number of aromatic nitrogens is 1. The van der Waals surface area contributed by atoms with Crippen LogP contribution in [0, 0.1) is 28.4 Å². The maximum absolute atomic E-state index is 14.5. The van der Waals surface area contributed by atoms with E-state index < -0.39 is 40.5 Å². The number of non-ortho nitro benzene ring substituents is 1. The number of oxazole rings is 1. The van der Waals surface area contributed by atoms with Crippen molar-refractivity contribution in [2.45, 2.75) is 116 Å². The number of hydrogen-bond donors (Lipinski definition) is 1. The largest absolute Gasteiger partial charge is 0.462 e. The molecule has 1 aromatic heterocycles. The molecule has 66 heavy (non-hydrogen) atoms. The summed E-state index contributed by atoms with van der Waals surface area (Å²) < 4.78 is 17.2. The molecule has 6 rings (SSSR count). The molecule has 1 aliphatic carbocycles. The maximum Gasteiger partial charge on any atom is 0.415 e. The molecular formula is C51H54ClN5O9. The van der Waals surface area contributed by atoms with Crippen LogP contribution in [-0.2, 0) is 14.3 Å². The van der Waals surface area contributed by atoms with Gasteiger partial charge in [0.05, 0.1) is 27.8 Å². The molecule has 1 N–H and O–H groups in total. The fourth-order valence-corrected chi connectivity index (χ4v) is 8.14. The van der Waals surface area contributed by atoms with Crippen molar-refractivity contribution in [2.75, 3.05) is 16.8 Å². The first-order valence-corrected chi connectivity index (χ1v) is 23.0. The average molecular weight is 916 g/mol. The number of nitrogens with zero attached hydrogens (tertiary/aromatic N) is 4. The fraction of sp³-hybridized carbons (Fsp3) is 0.373. The van der Waals surface area contributed by atoms with Gasteiger partial charge in [-0.1, -0.05) is 119 Å². The second kappa shape index (κ2) is 23.9. The first kappa shape index (κ1) is 48.6. The molecule has 1 fully saturated rings. The zero-order valence-electron chi connectivity index (χ0n) is 37.3. The minimum Gasteiger partial charge on any atom is -0.462 e. The Labute approximate surface area is 389 Å². The molecule has 1 unspecified atom stereocenters. The number of para-hydroxylation sites is 2. The molecule has 2 amide bonds. The fourth-order valence-electron chi connectivity index (χ4n) is 7.98. The van der Waals surface area contributed by atoms with Crippen LogP contribution in [0.3, 0.4) is 0 Å². The van der Waals surface area contributed by atoms with Crippen molar-refractivity contribution < 1.29 is 38.0 Å². The molecule has 5 aromatic rings. The molecule has 1 atom stereocenters. The Morgan fingerprint density at radius 3 is 2.32 bits per heavy atom. The Kier molecular flexibility index (Phi) is 17.6. The van der Waals surface area contributed by atoms with E-state index in [2.05, 4.69) is 23.3 Å². The van der Waals surface area contributed by atoms with E-state index in [4.69, 9.17) is 25.5 Å². The smallest absolute Gasteiger partial charge is 0.415 e. The molecule has 15 heteroatoms. The number of carbonyl (C=O) groups is 4. The quantitative estimate of drug-likeness (QED) is 0.0132. The standard InChI is InChI=1S/C51H54ClN5O9/c1-3-4-5-6-7-8-9-10-11-16-28-64-50(60)37-25-27-42(52)44(32-37)54-48(59)47(46(58)36-18-17-21-41(31-36)57(62)63)66-51(61)56(39-19-12-13-20-39)40-26-24-35(34(2)29-40)30-38(33-53)49-55-43-22-14-15-23-45(43)65-49/h14-15,17-18,21-27,29-32,39,47H,3-13,16,19-20,28H2,1-2H3,(H,54,59). The van der Waals surface area contributed by atoms with Crippen molar-refractivity contribution in [3.05, 3.63) is 128 Å². The van der Waals surface area contributed by atoms with E-state index in [9.17, 15) is 34.6 Å². The third-order valence-electron chi connectivity index (χ3n) is 11.6. The van der Waals surface area contributed by atoms with Gasteiger partial charge in [-0.05, 0) is 85.9 Å². The second-order valence-corrected chi connectivity index (χ2v) is 16.9. The Balaban J connectivity index is 1.20. The van der Waals surface area contributed by atoms with Gasteiger partial charge < -0.3 is 19.2 Å². The lowest BCUT2D eigenvalue weighted by Gasteiger charge is -2.30. The zero-order chi connectivity index (χ0) is 47.0. The number of esters is 1. The lowest BCUT2D eigenvalue weighted by Crippen LogP contribution is -2.46. The number of carbonyl (C=O) groups excluding carboxylic acids is 4. The minimum atomic E-state index is -2.15. The highest BCUT2D eigenvalue weighted by Crippen LogP contribution is 2.33. The molecule has 0 radical (unpaired) electrons. The highest BCUT2D eigenvalue weighted by atomic mass is 35.5. The molecule has 4 aromatic carbocycles. The molecule has 1 aliphatic rings. The van der Waals surface area contributed by atoms with E-state index in [1.807, 2.05) is 19.1 Å². The molecule has 1 saturated carbocycles. The van der Waals surface area contributed by atoms with E-state index >= 15 is 0 Å². The molecule has 0 saturated heterocycles. The Morgan fingerprint density at radius 2 is 1.64 bits per heavy atom. The number of halogens is 1. The van der Waals surface area contributed by atoms with E-state index in [0.717, 1.165) is 38.2 Å². The van der Waals surface area contributed by atoms with Crippen molar-refractivity contribution in [3.8, 4) is 6.07 Å². The van der Waals surface area contributed by atoms with Gasteiger partial charge in [0.25, 0.3) is 11.6 Å². The van der Waals surface area contributed by atoms with Gasteiger partial charge in [-0.2, -0.15) is 5.26 Å². The third-order valence-corrected chi connectivity index (χ3v) is 11.9. The normalized spacial score (nSPS) is 13.2. The Hall–Kier alpha value is -6.85. The number of benzene rings is 4. The summed E-state index contributed by atoms with van der Waals surface area (Å²) in [5.41, 5.74) is 2.46. The summed E-state index contributed by atoms with van der Waals surface area (Å²) in [7, 11) is 0. The summed E-state index contributed by atoms with van der Waals surface area (Å²) in [5.74, 6) is -2.61. The van der Waals surface area contributed by atoms with Crippen molar-refractivity contribution in [3.63, 3.8) is 0 Å². The molecule has 344 valence electrons. The third kappa shape index (κ3) is 12.9. The number of rotatable bonds is 22. The minimum absolute atomic E-state index is 0.0234. The van der Waals surface area contributed by atoms with Gasteiger partial charge in [-0.25, -0.2) is 14.6 Å². The molecule has 1 heterocycles. The number of hydrogen-bond acceptors (Lipinski definition) is 11. The van der Waals surface area contributed by atoms with E-state index in [0.29, 0.717) is 47.2 Å². The summed E-state index contributed by atoms with van der Waals surface area (Å²) >= 11 is 6.50. The first-order chi connectivity index (χ1) is 32.0. The number of amides is 2. The summed E-state index contributed by atoms with van der Waals surface area (Å²) in [5, 5.41) is 24.3. The van der Waals surface area contributed by atoms with Crippen molar-refractivity contribution in [1.82, 2.24) is 4.98 Å². The molecule has 0 spiro atoms. The highest BCUT2D eigenvalue weighted by Gasteiger charge is 2.37. The molecular weight excluding hydrogens is 862 g/mol. The molecule has 0 bridgehead atoms. The molecule has 14 nitrogen and oxygen atoms in total. The highest BCUT2D eigenvalue weighted by molar-refractivity contribution is 6.34. The van der Waals surface area contributed by atoms with Crippen LogP contribution in [0.15, 0.2) is 89.3 Å². The number of ketones is 1. The van der Waals surface area contributed by atoms with Crippen LogP contribution in [-0.4, -0.2) is 52.4 Å². The Bertz CT molecular complexity index is 2580. The second-order valence-electron chi connectivity index (χ2n) is 16.4. The van der Waals surface area contributed by atoms with E-state index in [-0.39, 0.29) is 45.9 Å².